The molecular weight excluding hydrogens is 365 g/mol. The van der Waals surface area contributed by atoms with Crippen molar-refractivity contribution in [3.05, 3.63) is 73.8 Å². The van der Waals surface area contributed by atoms with E-state index in [-0.39, 0.29) is 10.5 Å². The van der Waals surface area contributed by atoms with Crippen LogP contribution in [0.25, 0.3) is 0 Å². The fraction of sp³-hybridized carbons (Fsp3) is 0.143. The molecule has 1 atom stereocenters. The summed E-state index contributed by atoms with van der Waals surface area (Å²) in [5.41, 5.74) is 2.02. The van der Waals surface area contributed by atoms with Gasteiger partial charge >= 0.3 is 0 Å². The molecule has 2 rings (SSSR count). The lowest BCUT2D eigenvalue weighted by atomic mass is 10.0. The average Bonchev–Trinajstić information content (AvgIpc) is 2.39. The molecule has 0 radical (unpaired) electrons. The monoisotopic (exact) mass is 373 g/mol. The second kappa shape index (κ2) is 6.57. The van der Waals surface area contributed by atoms with Gasteiger partial charge in [0.1, 0.15) is 0 Å². The molecule has 2 aromatic carbocycles. The van der Waals surface area contributed by atoms with Crippen molar-refractivity contribution in [1.29, 1.82) is 0 Å². The van der Waals surface area contributed by atoms with E-state index in [0.29, 0.717) is 16.5 Å². The van der Waals surface area contributed by atoms with Crippen molar-refractivity contribution < 1.29 is 4.92 Å². The van der Waals surface area contributed by atoms with Crippen LogP contribution < -0.4 is 0 Å². The van der Waals surface area contributed by atoms with Gasteiger partial charge < -0.3 is 0 Å². The van der Waals surface area contributed by atoms with Crippen molar-refractivity contribution in [1.82, 2.24) is 0 Å². The fourth-order valence-electron chi connectivity index (χ4n) is 1.83. The molecular formula is C14H10BrCl2NO2. The first-order chi connectivity index (χ1) is 9.47. The van der Waals surface area contributed by atoms with Crippen molar-refractivity contribution in [2.24, 2.45) is 0 Å². The Kier molecular flexibility index (Phi) is 5.02. The van der Waals surface area contributed by atoms with Gasteiger partial charge in [-0.25, -0.2) is 0 Å². The van der Waals surface area contributed by atoms with Crippen LogP contribution in [-0.4, -0.2) is 4.92 Å². The summed E-state index contributed by atoms with van der Waals surface area (Å²) in [6.45, 7) is 0. The molecule has 0 aromatic heterocycles. The minimum absolute atomic E-state index is 0.0220. The van der Waals surface area contributed by atoms with Gasteiger partial charge in [0.05, 0.1) is 4.92 Å². The highest BCUT2D eigenvalue weighted by atomic mass is 79.9. The number of nitrogens with zero attached hydrogens (tertiary/aromatic N) is 1. The van der Waals surface area contributed by atoms with E-state index in [4.69, 9.17) is 23.2 Å². The predicted octanol–water partition coefficient (Wildman–Crippen LogP) is 5.58. The highest BCUT2D eigenvalue weighted by molar-refractivity contribution is 9.09. The second-order valence-electron chi connectivity index (χ2n) is 4.26. The number of nitro groups is 1. The van der Waals surface area contributed by atoms with E-state index in [0.717, 1.165) is 11.1 Å². The first-order valence-corrected chi connectivity index (χ1v) is 7.47. The Balaban J connectivity index is 2.14. The molecule has 0 fully saturated rings. The number of non-ortho nitro benzene ring substituents is 1. The summed E-state index contributed by atoms with van der Waals surface area (Å²) in [7, 11) is 0. The van der Waals surface area contributed by atoms with Crippen molar-refractivity contribution in [3.63, 3.8) is 0 Å². The molecule has 1 unspecified atom stereocenters. The second-order valence-corrected chi connectivity index (χ2v) is 6.21. The quantitative estimate of drug-likeness (QED) is 0.398. The number of halogens is 3. The summed E-state index contributed by atoms with van der Waals surface area (Å²) in [6.07, 6.45) is 0.680. The van der Waals surface area contributed by atoms with Gasteiger partial charge in [-0.15, -0.1) is 0 Å². The summed E-state index contributed by atoms with van der Waals surface area (Å²) >= 11 is 15.6. The first-order valence-electron chi connectivity index (χ1n) is 5.79. The molecule has 0 spiro atoms. The number of hydrogen-bond acceptors (Lipinski definition) is 2. The number of nitro benzene ring substituents is 1. The van der Waals surface area contributed by atoms with Crippen LogP contribution in [-0.2, 0) is 6.42 Å². The van der Waals surface area contributed by atoms with Gasteiger partial charge in [0.15, 0.2) is 0 Å². The molecule has 0 N–H and O–H groups in total. The van der Waals surface area contributed by atoms with Gasteiger partial charge in [-0.1, -0.05) is 57.3 Å². The van der Waals surface area contributed by atoms with E-state index in [2.05, 4.69) is 15.9 Å². The summed E-state index contributed by atoms with van der Waals surface area (Å²) in [6, 6.07) is 11.8. The van der Waals surface area contributed by atoms with Crippen LogP contribution in [0.2, 0.25) is 10.0 Å². The number of benzene rings is 2. The lowest BCUT2D eigenvalue weighted by Crippen LogP contribution is -1.97. The summed E-state index contributed by atoms with van der Waals surface area (Å²) in [5, 5.41) is 11.8. The lowest BCUT2D eigenvalue weighted by Gasteiger charge is -2.12. The molecule has 2 aromatic rings. The third-order valence-electron chi connectivity index (χ3n) is 2.86. The molecule has 0 saturated heterocycles. The van der Waals surface area contributed by atoms with Crippen LogP contribution in [0.4, 0.5) is 5.69 Å². The largest absolute Gasteiger partial charge is 0.269 e. The Bertz CT molecular complexity index is 632. The Hall–Kier alpha value is -1.10. The maximum atomic E-state index is 10.6. The summed E-state index contributed by atoms with van der Waals surface area (Å²) in [5.74, 6) is 0. The SMILES string of the molecule is O=[N+]([O-])c1ccc(CC(Br)c2ccc(Cl)cc2Cl)cc1. The van der Waals surface area contributed by atoms with Gasteiger partial charge in [-0.2, -0.15) is 0 Å². The fourth-order valence-corrected chi connectivity index (χ4v) is 3.27. The highest BCUT2D eigenvalue weighted by Crippen LogP contribution is 2.34. The van der Waals surface area contributed by atoms with Crippen LogP contribution in [0.15, 0.2) is 42.5 Å². The van der Waals surface area contributed by atoms with Gasteiger partial charge in [0.2, 0.25) is 0 Å². The average molecular weight is 375 g/mol. The predicted molar refractivity (Wildman–Crippen MR) is 84.9 cm³/mol. The Labute approximate surface area is 134 Å². The zero-order chi connectivity index (χ0) is 14.7. The third kappa shape index (κ3) is 3.72. The van der Waals surface area contributed by atoms with Crippen LogP contribution >= 0.6 is 39.1 Å². The molecule has 0 aliphatic carbocycles. The van der Waals surface area contributed by atoms with E-state index in [1.54, 1.807) is 24.3 Å². The normalized spacial score (nSPS) is 12.2. The standard InChI is InChI=1S/C14H10BrCl2NO2/c15-13(12-6-3-10(16)8-14(12)17)7-9-1-4-11(5-2-9)18(19)20/h1-6,8,13H,7H2. The van der Waals surface area contributed by atoms with Crippen LogP contribution in [0.1, 0.15) is 16.0 Å². The third-order valence-corrected chi connectivity index (χ3v) is 4.24. The molecule has 0 aliphatic rings. The Morgan fingerprint density at radius 3 is 2.35 bits per heavy atom. The Morgan fingerprint density at radius 2 is 1.80 bits per heavy atom. The van der Waals surface area contributed by atoms with E-state index < -0.39 is 4.92 Å². The van der Waals surface area contributed by atoms with E-state index >= 15 is 0 Å². The zero-order valence-electron chi connectivity index (χ0n) is 10.2. The molecule has 0 aliphatic heterocycles. The molecule has 0 amide bonds. The minimum Gasteiger partial charge on any atom is -0.258 e. The molecule has 0 saturated carbocycles. The molecule has 20 heavy (non-hydrogen) atoms. The van der Waals surface area contributed by atoms with Gasteiger partial charge in [-0.3, -0.25) is 10.1 Å². The lowest BCUT2D eigenvalue weighted by molar-refractivity contribution is -0.384. The van der Waals surface area contributed by atoms with Gasteiger partial charge in [-0.05, 0) is 29.7 Å². The van der Waals surface area contributed by atoms with E-state index in [9.17, 15) is 10.1 Å². The van der Waals surface area contributed by atoms with Gasteiger partial charge in [0, 0.05) is 27.0 Å². The number of rotatable bonds is 4. The first kappa shape index (κ1) is 15.3. The molecule has 6 heteroatoms. The van der Waals surface area contributed by atoms with Crippen molar-refractivity contribution in [3.8, 4) is 0 Å². The Morgan fingerprint density at radius 1 is 1.15 bits per heavy atom. The number of hydrogen-bond donors (Lipinski definition) is 0. The zero-order valence-corrected chi connectivity index (χ0v) is 13.3. The minimum atomic E-state index is -0.411. The smallest absolute Gasteiger partial charge is 0.258 e. The summed E-state index contributed by atoms with van der Waals surface area (Å²) in [4.78, 5) is 10.2. The molecule has 104 valence electrons. The van der Waals surface area contributed by atoms with Crippen LogP contribution in [0.3, 0.4) is 0 Å². The summed E-state index contributed by atoms with van der Waals surface area (Å²) < 4.78 is 0. The highest BCUT2D eigenvalue weighted by Gasteiger charge is 2.13. The van der Waals surface area contributed by atoms with Crippen LogP contribution in [0.5, 0.6) is 0 Å². The maximum Gasteiger partial charge on any atom is 0.269 e. The molecule has 0 heterocycles. The van der Waals surface area contributed by atoms with E-state index in [1.807, 2.05) is 6.07 Å². The van der Waals surface area contributed by atoms with Crippen LogP contribution in [0, 0.1) is 10.1 Å². The molecule has 3 nitrogen and oxygen atoms in total. The molecule has 0 bridgehead atoms. The maximum absolute atomic E-state index is 10.6. The van der Waals surface area contributed by atoms with Crippen molar-refractivity contribution in [2.45, 2.75) is 11.2 Å². The van der Waals surface area contributed by atoms with Gasteiger partial charge in [0.25, 0.3) is 5.69 Å². The van der Waals surface area contributed by atoms with Crippen molar-refractivity contribution >= 4 is 44.8 Å². The van der Waals surface area contributed by atoms with E-state index in [1.165, 1.54) is 12.1 Å². The van der Waals surface area contributed by atoms with Crippen molar-refractivity contribution in [2.75, 3.05) is 0 Å². The number of alkyl halides is 1. The topological polar surface area (TPSA) is 43.1 Å².